The Hall–Kier alpha value is -0.220. The van der Waals surface area contributed by atoms with E-state index in [-0.39, 0.29) is 0 Å². The summed E-state index contributed by atoms with van der Waals surface area (Å²) < 4.78 is 0. The predicted octanol–water partition coefficient (Wildman–Crippen LogP) is 1.73. The van der Waals surface area contributed by atoms with Gasteiger partial charge in [0.05, 0.1) is 0 Å². The number of thioether (sulfide) groups is 1. The van der Waals surface area contributed by atoms with E-state index in [4.69, 9.17) is 0 Å². The van der Waals surface area contributed by atoms with Crippen molar-refractivity contribution in [3.8, 4) is 0 Å². The summed E-state index contributed by atoms with van der Waals surface area (Å²) in [5, 5.41) is 3.59. The first-order valence-electron chi connectivity index (χ1n) is 6.81. The molecule has 17 heavy (non-hydrogen) atoms. The van der Waals surface area contributed by atoms with Crippen molar-refractivity contribution in [1.29, 1.82) is 0 Å². The van der Waals surface area contributed by atoms with Crippen molar-refractivity contribution in [2.75, 3.05) is 31.6 Å². The summed E-state index contributed by atoms with van der Waals surface area (Å²) in [4.78, 5) is 14.1. The topological polar surface area (TPSA) is 32.3 Å². The molecule has 0 bridgehead atoms. The van der Waals surface area contributed by atoms with Crippen molar-refractivity contribution in [3.05, 3.63) is 0 Å². The zero-order chi connectivity index (χ0) is 12.1. The third-order valence-corrected chi connectivity index (χ3v) is 4.61. The van der Waals surface area contributed by atoms with Gasteiger partial charge in [-0.05, 0) is 44.4 Å². The maximum Gasteiger partial charge on any atom is 0.223 e. The molecule has 98 valence electrons. The number of carbonyl (C=O) groups is 1. The highest BCUT2D eigenvalue weighted by Crippen LogP contribution is 2.25. The highest BCUT2D eigenvalue weighted by atomic mass is 32.2. The second kappa shape index (κ2) is 6.64. The van der Waals surface area contributed by atoms with Gasteiger partial charge in [0.15, 0.2) is 0 Å². The molecular weight excluding hydrogens is 232 g/mol. The maximum absolute atomic E-state index is 12.0. The fourth-order valence-electron chi connectivity index (χ4n) is 3.03. The van der Waals surface area contributed by atoms with E-state index >= 15 is 0 Å². The zero-order valence-corrected chi connectivity index (χ0v) is 11.6. The standard InChI is InChI=1S/C13H24N2OS/c1-17-9-6-13(16)15-8-3-4-11(10-15)12-5-2-7-14-12/h11-12,14H,2-10H2,1H3. The third-order valence-electron chi connectivity index (χ3n) is 4.00. The summed E-state index contributed by atoms with van der Waals surface area (Å²) in [5.41, 5.74) is 0. The summed E-state index contributed by atoms with van der Waals surface area (Å²) in [7, 11) is 0. The number of hydrogen-bond donors (Lipinski definition) is 1. The van der Waals surface area contributed by atoms with Crippen LogP contribution in [-0.2, 0) is 4.79 Å². The van der Waals surface area contributed by atoms with Crippen molar-refractivity contribution >= 4 is 17.7 Å². The lowest BCUT2D eigenvalue weighted by Gasteiger charge is -2.36. The first-order chi connectivity index (χ1) is 8.31. The van der Waals surface area contributed by atoms with Gasteiger partial charge in [-0.15, -0.1) is 0 Å². The molecule has 4 heteroatoms. The van der Waals surface area contributed by atoms with E-state index in [0.717, 1.165) is 18.8 Å². The average Bonchev–Trinajstić information content (AvgIpc) is 2.90. The molecular formula is C13H24N2OS. The monoisotopic (exact) mass is 256 g/mol. The van der Waals surface area contributed by atoms with E-state index in [9.17, 15) is 4.79 Å². The molecule has 2 saturated heterocycles. The molecule has 2 heterocycles. The summed E-state index contributed by atoms with van der Waals surface area (Å²) >= 11 is 1.76. The number of rotatable bonds is 4. The number of nitrogens with one attached hydrogen (secondary N) is 1. The van der Waals surface area contributed by atoms with Crippen molar-refractivity contribution in [2.45, 2.75) is 38.1 Å². The van der Waals surface area contributed by atoms with Crippen LogP contribution >= 0.6 is 11.8 Å². The van der Waals surface area contributed by atoms with Crippen LogP contribution in [0.5, 0.6) is 0 Å². The lowest BCUT2D eigenvalue weighted by atomic mass is 9.89. The minimum Gasteiger partial charge on any atom is -0.342 e. The van der Waals surface area contributed by atoms with Gasteiger partial charge in [0.1, 0.15) is 0 Å². The van der Waals surface area contributed by atoms with Gasteiger partial charge in [-0.3, -0.25) is 4.79 Å². The van der Waals surface area contributed by atoms with Gasteiger partial charge in [0.25, 0.3) is 0 Å². The molecule has 2 atom stereocenters. The molecule has 2 rings (SSSR count). The van der Waals surface area contributed by atoms with Crippen LogP contribution in [0.1, 0.15) is 32.1 Å². The van der Waals surface area contributed by atoms with Crippen LogP contribution in [0.25, 0.3) is 0 Å². The normalized spacial score (nSPS) is 29.6. The highest BCUT2D eigenvalue weighted by molar-refractivity contribution is 7.98. The average molecular weight is 256 g/mol. The first kappa shape index (κ1) is 13.2. The SMILES string of the molecule is CSCCC(=O)N1CCCC(C2CCCN2)C1. The Kier molecular flexibility index (Phi) is 5.16. The van der Waals surface area contributed by atoms with Gasteiger partial charge < -0.3 is 10.2 Å². The fourth-order valence-corrected chi connectivity index (χ4v) is 3.41. The lowest BCUT2D eigenvalue weighted by Crippen LogP contribution is -2.45. The molecule has 0 aromatic heterocycles. The second-order valence-electron chi connectivity index (χ2n) is 5.19. The molecule has 2 unspecified atom stereocenters. The summed E-state index contributed by atoms with van der Waals surface area (Å²) in [6.07, 6.45) is 7.87. The molecule has 2 aliphatic heterocycles. The van der Waals surface area contributed by atoms with Crippen LogP contribution < -0.4 is 5.32 Å². The van der Waals surface area contributed by atoms with Crippen LogP contribution in [0, 0.1) is 5.92 Å². The lowest BCUT2D eigenvalue weighted by molar-refractivity contribution is -0.132. The van der Waals surface area contributed by atoms with Crippen molar-refractivity contribution in [3.63, 3.8) is 0 Å². The number of nitrogens with zero attached hydrogens (tertiary/aromatic N) is 1. The van der Waals surface area contributed by atoms with E-state index in [0.29, 0.717) is 24.3 Å². The van der Waals surface area contributed by atoms with E-state index in [1.807, 2.05) is 0 Å². The van der Waals surface area contributed by atoms with Crippen molar-refractivity contribution < 1.29 is 4.79 Å². The zero-order valence-electron chi connectivity index (χ0n) is 10.8. The quantitative estimate of drug-likeness (QED) is 0.831. The Morgan fingerprint density at radius 1 is 1.41 bits per heavy atom. The van der Waals surface area contributed by atoms with E-state index in [2.05, 4.69) is 16.5 Å². The molecule has 0 radical (unpaired) electrons. The maximum atomic E-state index is 12.0. The molecule has 1 amide bonds. The number of piperidine rings is 1. The van der Waals surface area contributed by atoms with Crippen molar-refractivity contribution in [1.82, 2.24) is 10.2 Å². The molecule has 0 aromatic carbocycles. The molecule has 0 aliphatic carbocycles. The third kappa shape index (κ3) is 3.62. The summed E-state index contributed by atoms with van der Waals surface area (Å²) in [5.74, 6) is 2.02. The van der Waals surface area contributed by atoms with Gasteiger partial charge in [-0.1, -0.05) is 0 Å². The van der Waals surface area contributed by atoms with Gasteiger partial charge >= 0.3 is 0 Å². The summed E-state index contributed by atoms with van der Waals surface area (Å²) in [6.45, 7) is 3.14. The number of likely N-dealkylation sites (tertiary alicyclic amines) is 1. The molecule has 1 N–H and O–H groups in total. The van der Waals surface area contributed by atoms with E-state index < -0.39 is 0 Å². The highest BCUT2D eigenvalue weighted by Gasteiger charge is 2.30. The van der Waals surface area contributed by atoms with Crippen molar-refractivity contribution in [2.24, 2.45) is 5.92 Å². The van der Waals surface area contributed by atoms with Gasteiger partial charge in [0, 0.05) is 31.3 Å². The molecule has 3 nitrogen and oxygen atoms in total. The smallest absolute Gasteiger partial charge is 0.223 e. The Morgan fingerprint density at radius 2 is 2.29 bits per heavy atom. The number of amides is 1. The van der Waals surface area contributed by atoms with E-state index in [1.165, 1.54) is 32.2 Å². The predicted molar refractivity (Wildman–Crippen MR) is 73.3 cm³/mol. The Bertz CT molecular complexity index is 254. The minimum atomic E-state index is 0.363. The van der Waals surface area contributed by atoms with Crippen LogP contribution in [0.3, 0.4) is 0 Å². The van der Waals surface area contributed by atoms with Crippen LogP contribution in [0.4, 0.5) is 0 Å². The molecule has 2 fully saturated rings. The number of hydrogen-bond acceptors (Lipinski definition) is 3. The number of carbonyl (C=O) groups excluding carboxylic acids is 1. The minimum absolute atomic E-state index is 0.363. The largest absolute Gasteiger partial charge is 0.342 e. The molecule has 0 saturated carbocycles. The summed E-state index contributed by atoms with van der Waals surface area (Å²) in [6, 6.07) is 0.672. The second-order valence-corrected chi connectivity index (χ2v) is 6.17. The molecule has 0 aromatic rings. The Balaban J connectivity index is 1.81. The van der Waals surface area contributed by atoms with Crippen LogP contribution in [0.15, 0.2) is 0 Å². The van der Waals surface area contributed by atoms with Gasteiger partial charge in [0.2, 0.25) is 5.91 Å². The van der Waals surface area contributed by atoms with Crippen LogP contribution in [-0.4, -0.2) is 48.5 Å². The van der Waals surface area contributed by atoms with Crippen LogP contribution in [0.2, 0.25) is 0 Å². The molecule has 0 spiro atoms. The van der Waals surface area contributed by atoms with E-state index in [1.54, 1.807) is 11.8 Å². The first-order valence-corrected chi connectivity index (χ1v) is 8.20. The Labute approximate surface area is 109 Å². The molecule has 2 aliphatic rings. The Morgan fingerprint density at radius 3 is 3.00 bits per heavy atom. The fraction of sp³-hybridized carbons (Fsp3) is 0.923. The van der Waals surface area contributed by atoms with Gasteiger partial charge in [-0.25, -0.2) is 0 Å². The van der Waals surface area contributed by atoms with Gasteiger partial charge in [-0.2, -0.15) is 11.8 Å².